The van der Waals surface area contributed by atoms with Crippen LogP contribution >= 0.6 is 0 Å². The molecule has 63 heavy (non-hydrogen) atoms. The number of nitrogens with one attached hydrogen (secondary N) is 7. The normalized spacial score (nSPS) is 22.7. The maximum Gasteiger partial charge on any atom is 0.408 e. The predicted molar refractivity (Wildman–Crippen MR) is 219 cm³/mol. The average molecular weight is 878 g/mol. The van der Waals surface area contributed by atoms with E-state index in [9.17, 15) is 48.9 Å². The van der Waals surface area contributed by atoms with E-state index in [1.54, 1.807) is 38.1 Å². The third kappa shape index (κ3) is 10.9. The molecular formula is C40H51N11O12. The molecule has 1 saturated carbocycles. The first-order valence-electron chi connectivity index (χ1n) is 20.4. The van der Waals surface area contributed by atoms with Crippen LogP contribution in [0.15, 0.2) is 49.1 Å². The summed E-state index contributed by atoms with van der Waals surface area (Å²) in [5.41, 5.74) is 0.264. The molecule has 4 heterocycles. The van der Waals surface area contributed by atoms with Crippen molar-refractivity contribution in [3.8, 4) is 0 Å². The van der Waals surface area contributed by atoms with Crippen molar-refractivity contribution >= 4 is 64.2 Å². The van der Waals surface area contributed by atoms with E-state index in [0.717, 1.165) is 17.1 Å². The van der Waals surface area contributed by atoms with Gasteiger partial charge in [-0.3, -0.25) is 33.7 Å². The van der Waals surface area contributed by atoms with E-state index in [4.69, 9.17) is 9.47 Å². The Hall–Kier alpha value is -6.56. The number of benzene rings is 1. The Labute approximate surface area is 360 Å². The lowest BCUT2D eigenvalue weighted by Crippen LogP contribution is -2.69. The molecule has 3 aromatic rings. The van der Waals surface area contributed by atoms with Gasteiger partial charge in [0, 0.05) is 30.8 Å². The number of ether oxygens (including phenoxy) is 2. The van der Waals surface area contributed by atoms with E-state index in [2.05, 4.69) is 51.8 Å². The fourth-order valence-corrected chi connectivity index (χ4v) is 7.43. The number of anilines is 2. The summed E-state index contributed by atoms with van der Waals surface area (Å²) < 4.78 is 11.3. The summed E-state index contributed by atoms with van der Waals surface area (Å²) in [6.07, 6.45) is -0.0989. The Balaban J connectivity index is 0.961. The lowest BCUT2D eigenvalue weighted by Gasteiger charge is -2.43. The monoisotopic (exact) mass is 877 g/mol. The van der Waals surface area contributed by atoms with Crippen molar-refractivity contribution in [3.63, 3.8) is 0 Å². The molecule has 2 fully saturated rings. The van der Waals surface area contributed by atoms with Gasteiger partial charge in [0.2, 0.25) is 23.6 Å². The van der Waals surface area contributed by atoms with Crippen LogP contribution in [-0.2, 0) is 44.8 Å². The molecule has 0 bridgehead atoms. The zero-order valence-electron chi connectivity index (χ0n) is 34.7. The number of rotatable bonds is 17. The summed E-state index contributed by atoms with van der Waals surface area (Å²) in [6, 6.07) is 3.05. The van der Waals surface area contributed by atoms with Crippen molar-refractivity contribution in [2.75, 3.05) is 23.8 Å². The van der Waals surface area contributed by atoms with E-state index in [1.807, 2.05) is 0 Å². The summed E-state index contributed by atoms with van der Waals surface area (Å²) in [6.45, 7) is 3.91. The number of imide groups is 1. The molecule has 23 heteroatoms. The first-order valence-corrected chi connectivity index (χ1v) is 20.4. The molecule has 0 unspecified atom stereocenters. The third-order valence-electron chi connectivity index (χ3n) is 11.0. The molecule has 6 rings (SSSR count). The van der Waals surface area contributed by atoms with Crippen LogP contribution < -0.4 is 31.9 Å². The number of amides is 7. The van der Waals surface area contributed by atoms with Gasteiger partial charge in [-0.05, 0) is 43.4 Å². The minimum absolute atomic E-state index is 0.146. The Morgan fingerprint density at radius 3 is 2.32 bits per heavy atom. The summed E-state index contributed by atoms with van der Waals surface area (Å²) >= 11 is 0. The molecule has 10 N–H and O–H groups in total. The Bertz CT molecular complexity index is 2190. The molecule has 7 atom stereocenters. The smallest absolute Gasteiger partial charge is 0.408 e. The van der Waals surface area contributed by atoms with E-state index in [0.29, 0.717) is 35.3 Å². The second kappa shape index (κ2) is 20.1. The van der Waals surface area contributed by atoms with Gasteiger partial charge in [0.05, 0.1) is 19.0 Å². The number of aromatic amines is 1. The topological polar surface area (TPSA) is 329 Å². The first kappa shape index (κ1) is 46.0. The molecule has 23 nitrogen and oxygen atoms in total. The number of imidazole rings is 1. The first-order chi connectivity index (χ1) is 30.1. The van der Waals surface area contributed by atoms with Gasteiger partial charge < -0.3 is 61.7 Å². The van der Waals surface area contributed by atoms with Gasteiger partial charge in [0.1, 0.15) is 54.4 Å². The molecule has 338 valence electrons. The number of aliphatic hydroxyl groups is 3. The lowest BCUT2D eigenvalue weighted by atomic mass is 9.91. The van der Waals surface area contributed by atoms with Gasteiger partial charge >= 0.3 is 6.09 Å². The standard InChI is InChI=1S/C40H51N11O12/c1-20(2)28(47-25(53)12-15-51-26(54)10-11-27(51)55)36(59)45-21(3)35(58)46-23-8-6-22(7-9-23)17-62-39(61)50-40(13-4-5-14-40)38(60)48-29-24(16-52)63-37(32(57)31(29)56)49-34-30-33(42-18-41-30)43-19-44-34/h6-11,18-21,24,28-29,31-32,37,52,56-57H,4-5,12-17H2,1-3H3,(H,45,59)(H,46,58)(H,47,53)(H,48,60)(H,50,61)(H2,41,42,43,44,49)/t21-,24-,28-,29-,31+,32-,37-/m0/s1. The average Bonchev–Trinajstić information content (AvgIpc) is 4.02. The molecule has 3 aliphatic rings. The minimum Gasteiger partial charge on any atom is -0.445 e. The number of carbonyl (C=O) groups is 7. The molecule has 1 saturated heterocycles. The van der Waals surface area contributed by atoms with Crippen LogP contribution in [0.1, 0.15) is 58.4 Å². The number of H-pyrrole nitrogens is 1. The summed E-state index contributed by atoms with van der Waals surface area (Å²) in [7, 11) is 0. The van der Waals surface area contributed by atoms with Crippen LogP contribution in [0.25, 0.3) is 11.2 Å². The van der Waals surface area contributed by atoms with E-state index in [1.165, 1.54) is 19.6 Å². The summed E-state index contributed by atoms with van der Waals surface area (Å²) in [5.74, 6) is -3.55. The van der Waals surface area contributed by atoms with E-state index >= 15 is 0 Å². The lowest BCUT2D eigenvalue weighted by molar-refractivity contribution is -0.186. The molecular weight excluding hydrogens is 827 g/mol. The number of nitrogens with zero attached hydrogens (tertiary/aromatic N) is 4. The van der Waals surface area contributed by atoms with Gasteiger partial charge in [0.25, 0.3) is 11.8 Å². The Morgan fingerprint density at radius 2 is 1.65 bits per heavy atom. The Morgan fingerprint density at radius 1 is 0.952 bits per heavy atom. The zero-order chi connectivity index (χ0) is 45.4. The number of fused-ring (bicyclic) bond motifs is 1. The van der Waals surface area contributed by atoms with Gasteiger partial charge in [-0.2, -0.15) is 0 Å². The predicted octanol–water partition coefficient (Wildman–Crippen LogP) is -1.17. The molecule has 1 aromatic carbocycles. The van der Waals surface area contributed by atoms with Gasteiger partial charge in [-0.15, -0.1) is 0 Å². The maximum absolute atomic E-state index is 13.8. The number of carbonyl (C=O) groups excluding carboxylic acids is 7. The number of aliphatic hydroxyl groups excluding tert-OH is 3. The van der Waals surface area contributed by atoms with Crippen molar-refractivity contribution in [1.82, 2.24) is 46.1 Å². The van der Waals surface area contributed by atoms with E-state index in [-0.39, 0.29) is 44.1 Å². The van der Waals surface area contributed by atoms with Gasteiger partial charge in [-0.1, -0.05) is 38.8 Å². The van der Waals surface area contributed by atoms with Crippen LogP contribution in [0.5, 0.6) is 0 Å². The zero-order valence-corrected chi connectivity index (χ0v) is 34.7. The Kier molecular flexibility index (Phi) is 14.7. The molecule has 2 aromatic heterocycles. The summed E-state index contributed by atoms with van der Waals surface area (Å²) in [5, 5.41) is 48.4. The van der Waals surface area contributed by atoms with Gasteiger partial charge in [-0.25, -0.2) is 19.7 Å². The van der Waals surface area contributed by atoms with Crippen LogP contribution in [-0.4, -0.2) is 143 Å². The number of hydrogen-bond acceptors (Lipinski definition) is 16. The van der Waals surface area contributed by atoms with Crippen molar-refractivity contribution in [3.05, 3.63) is 54.6 Å². The second-order valence-corrected chi connectivity index (χ2v) is 15.8. The molecule has 2 aliphatic heterocycles. The molecule has 1 aliphatic carbocycles. The van der Waals surface area contributed by atoms with Crippen molar-refractivity contribution < 1.29 is 58.4 Å². The summed E-state index contributed by atoms with van der Waals surface area (Å²) in [4.78, 5) is 105. The van der Waals surface area contributed by atoms with Crippen molar-refractivity contribution in [2.24, 2.45) is 5.92 Å². The maximum atomic E-state index is 13.8. The van der Waals surface area contributed by atoms with Crippen LogP contribution in [0.2, 0.25) is 0 Å². The van der Waals surface area contributed by atoms with E-state index < -0.39 is 96.3 Å². The minimum atomic E-state index is -1.60. The number of aromatic nitrogens is 4. The van der Waals surface area contributed by atoms with Crippen LogP contribution in [0, 0.1) is 5.92 Å². The van der Waals surface area contributed by atoms with Crippen molar-refractivity contribution in [2.45, 2.75) is 108 Å². The highest BCUT2D eigenvalue weighted by Gasteiger charge is 2.49. The van der Waals surface area contributed by atoms with Crippen LogP contribution in [0.3, 0.4) is 0 Å². The van der Waals surface area contributed by atoms with Crippen molar-refractivity contribution in [1.29, 1.82) is 0 Å². The molecule has 0 radical (unpaired) electrons. The quantitative estimate of drug-likeness (QED) is 0.0714. The highest BCUT2D eigenvalue weighted by Crippen LogP contribution is 2.32. The molecule has 7 amide bonds. The number of alkyl carbamates (subject to hydrolysis) is 1. The highest BCUT2D eigenvalue weighted by atomic mass is 16.6. The van der Waals surface area contributed by atoms with Crippen LogP contribution in [0.4, 0.5) is 16.3 Å². The third-order valence-corrected chi connectivity index (χ3v) is 11.0. The SMILES string of the molecule is CC(C)[C@H](NC(=O)CCN1C(=O)C=CC1=O)C(=O)N[C@@H](C)C(=O)Nc1ccc(COC(=O)NC2(C(=O)N[C@@H]3[C@@H](O)[C@H](O)[C@@H](Nc4ncnc5nc[nH]c45)O[C@H]3CO)CCCC2)cc1. The number of hydrogen-bond donors (Lipinski definition) is 10. The highest BCUT2D eigenvalue weighted by molar-refractivity contribution is 6.13. The van der Waals surface area contributed by atoms with Gasteiger partial charge in [0.15, 0.2) is 17.7 Å². The fraction of sp³-hybridized carbons (Fsp3) is 0.500. The fourth-order valence-electron chi connectivity index (χ4n) is 7.43. The molecule has 0 spiro atoms. The second-order valence-electron chi connectivity index (χ2n) is 15.8. The largest absolute Gasteiger partial charge is 0.445 e.